The predicted molar refractivity (Wildman–Crippen MR) is 145 cm³/mol. The Bertz CT molecular complexity index is 1490. The minimum atomic E-state index is -0.628. The maximum Gasteiger partial charge on any atom is 0.341 e. The highest BCUT2D eigenvalue weighted by Crippen LogP contribution is 2.35. The van der Waals surface area contributed by atoms with Crippen LogP contribution in [0, 0.1) is 6.92 Å². The van der Waals surface area contributed by atoms with E-state index in [1.165, 1.54) is 12.0 Å². The second-order valence-corrected chi connectivity index (χ2v) is 9.46. The Kier molecular flexibility index (Phi) is 7.54. The van der Waals surface area contributed by atoms with Crippen molar-refractivity contribution in [1.82, 2.24) is 9.88 Å². The summed E-state index contributed by atoms with van der Waals surface area (Å²) in [5, 5.41) is 3.77. The molecule has 2 aromatic heterocycles. The first-order chi connectivity index (χ1) is 17.7. The minimum Gasteiger partial charge on any atom is -0.494 e. The molecular formula is C28H27N3O5S. The number of para-hydroxylation sites is 1. The lowest BCUT2D eigenvalue weighted by Crippen LogP contribution is -2.21. The number of rotatable bonds is 7. The monoisotopic (exact) mass is 517 g/mol. The summed E-state index contributed by atoms with van der Waals surface area (Å²) in [5.41, 5.74) is 3.10. The molecule has 1 N–H and O–H groups in total. The van der Waals surface area contributed by atoms with Gasteiger partial charge >= 0.3 is 5.97 Å². The van der Waals surface area contributed by atoms with Crippen LogP contribution in [0.2, 0.25) is 0 Å². The van der Waals surface area contributed by atoms with Gasteiger partial charge in [-0.1, -0.05) is 18.2 Å². The summed E-state index contributed by atoms with van der Waals surface area (Å²) >= 11 is 1.05. The number of hydrogen-bond donors (Lipinski definition) is 1. The number of amides is 2. The summed E-state index contributed by atoms with van der Waals surface area (Å²) in [5.74, 6) is -0.575. The van der Waals surface area contributed by atoms with Crippen LogP contribution in [-0.2, 0) is 4.74 Å². The van der Waals surface area contributed by atoms with Crippen molar-refractivity contribution in [2.75, 3.05) is 33.1 Å². The molecule has 0 atom stereocenters. The van der Waals surface area contributed by atoms with Crippen LogP contribution in [0.25, 0.3) is 22.2 Å². The molecule has 0 bridgehead atoms. The molecule has 0 saturated carbocycles. The molecule has 2 heterocycles. The van der Waals surface area contributed by atoms with Crippen LogP contribution in [0.5, 0.6) is 5.75 Å². The molecule has 0 fully saturated rings. The molecule has 0 saturated heterocycles. The number of carbonyl (C=O) groups excluding carboxylic acids is 3. The number of pyridine rings is 1. The lowest BCUT2D eigenvalue weighted by atomic mass is 10.0. The molecule has 0 unspecified atom stereocenters. The predicted octanol–water partition coefficient (Wildman–Crippen LogP) is 5.41. The number of aromatic nitrogens is 1. The van der Waals surface area contributed by atoms with Gasteiger partial charge in [-0.25, -0.2) is 9.78 Å². The van der Waals surface area contributed by atoms with Crippen molar-refractivity contribution < 1.29 is 23.9 Å². The van der Waals surface area contributed by atoms with Crippen molar-refractivity contribution in [3.8, 4) is 17.0 Å². The lowest BCUT2D eigenvalue weighted by molar-refractivity contribution is 0.0601. The second-order valence-electron chi connectivity index (χ2n) is 8.44. The first-order valence-electron chi connectivity index (χ1n) is 11.6. The molecule has 4 rings (SSSR count). The molecule has 2 amide bonds. The third-order valence-electron chi connectivity index (χ3n) is 5.79. The molecule has 0 radical (unpaired) electrons. The maximum absolute atomic E-state index is 13.6. The number of anilines is 1. The van der Waals surface area contributed by atoms with Gasteiger partial charge in [0, 0.05) is 25.0 Å². The van der Waals surface area contributed by atoms with Crippen LogP contribution in [0.15, 0.2) is 54.6 Å². The van der Waals surface area contributed by atoms with Crippen molar-refractivity contribution in [2.24, 2.45) is 0 Å². The number of thiophene rings is 1. The summed E-state index contributed by atoms with van der Waals surface area (Å²) in [4.78, 5) is 45.5. The Hall–Kier alpha value is -4.24. The zero-order valence-electron chi connectivity index (χ0n) is 21.2. The molecule has 4 aromatic rings. The van der Waals surface area contributed by atoms with Gasteiger partial charge in [0.05, 0.1) is 40.9 Å². The van der Waals surface area contributed by atoms with Gasteiger partial charge in [0.1, 0.15) is 10.8 Å². The third kappa shape index (κ3) is 5.17. The molecule has 0 aliphatic carbocycles. The molecule has 0 spiro atoms. The standard InChI is InChI=1S/C28H27N3O5S/c1-6-36-18-13-11-17(12-14-18)22-15-20(19-9-7-8-10-21(19)29-22)25(32)30-26-23(28(34)35-5)16(2)24(37-26)27(33)31(3)4/h7-15H,6H2,1-5H3,(H,30,32). The van der Waals surface area contributed by atoms with E-state index in [1.807, 2.05) is 55.5 Å². The Labute approximate surface area is 218 Å². The van der Waals surface area contributed by atoms with Gasteiger partial charge in [0.25, 0.3) is 11.8 Å². The highest BCUT2D eigenvalue weighted by atomic mass is 32.1. The van der Waals surface area contributed by atoms with E-state index in [4.69, 9.17) is 14.5 Å². The molecular weight excluding hydrogens is 490 g/mol. The number of ether oxygens (including phenoxy) is 2. The van der Waals surface area contributed by atoms with E-state index < -0.39 is 11.9 Å². The Balaban J connectivity index is 1.78. The first kappa shape index (κ1) is 25.8. The average molecular weight is 518 g/mol. The summed E-state index contributed by atoms with van der Waals surface area (Å²) < 4.78 is 10.5. The van der Waals surface area contributed by atoms with Gasteiger partial charge in [-0.2, -0.15) is 0 Å². The number of esters is 1. The quantitative estimate of drug-likeness (QED) is 0.329. The molecule has 9 heteroatoms. The number of nitrogens with zero attached hydrogens (tertiary/aromatic N) is 2. The van der Waals surface area contributed by atoms with E-state index in [0.717, 1.165) is 22.6 Å². The Morgan fingerprint density at radius 1 is 1.05 bits per heavy atom. The zero-order valence-corrected chi connectivity index (χ0v) is 22.1. The van der Waals surface area contributed by atoms with Crippen LogP contribution >= 0.6 is 11.3 Å². The molecule has 8 nitrogen and oxygen atoms in total. The van der Waals surface area contributed by atoms with E-state index in [0.29, 0.717) is 39.2 Å². The topological polar surface area (TPSA) is 97.8 Å². The van der Waals surface area contributed by atoms with E-state index in [9.17, 15) is 14.4 Å². The van der Waals surface area contributed by atoms with Crippen LogP contribution in [-0.4, -0.2) is 55.5 Å². The van der Waals surface area contributed by atoms with Crippen LogP contribution in [0.1, 0.15) is 42.9 Å². The van der Waals surface area contributed by atoms with E-state index in [1.54, 1.807) is 27.1 Å². The highest BCUT2D eigenvalue weighted by Gasteiger charge is 2.27. The van der Waals surface area contributed by atoms with Crippen molar-refractivity contribution in [2.45, 2.75) is 13.8 Å². The Morgan fingerprint density at radius 2 is 1.76 bits per heavy atom. The Morgan fingerprint density at radius 3 is 2.41 bits per heavy atom. The van der Waals surface area contributed by atoms with Gasteiger partial charge in [0.2, 0.25) is 0 Å². The minimum absolute atomic E-state index is 0.163. The second kappa shape index (κ2) is 10.8. The fourth-order valence-electron chi connectivity index (χ4n) is 3.93. The fourth-order valence-corrected chi connectivity index (χ4v) is 5.14. The molecule has 2 aromatic carbocycles. The zero-order chi connectivity index (χ0) is 26.7. The highest BCUT2D eigenvalue weighted by molar-refractivity contribution is 7.18. The first-order valence-corrected chi connectivity index (χ1v) is 12.4. The van der Waals surface area contributed by atoms with Crippen LogP contribution < -0.4 is 10.1 Å². The summed E-state index contributed by atoms with van der Waals surface area (Å²) in [6, 6.07) is 16.6. The normalized spacial score (nSPS) is 10.7. The van der Waals surface area contributed by atoms with Crippen LogP contribution in [0.3, 0.4) is 0 Å². The maximum atomic E-state index is 13.6. The smallest absolute Gasteiger partial charge is 0.341 e. The van der Waals surface area contributed by atoms with Crippen LogP contribution in [0.4, 0.5) is 5.00 Å². The molecule has 0 aliphatic heterocycles. The van der Waals surface area contributed by atoms with Gasteiger partial charge < -0.3 is 19.7 Å². The number of hydrogen-bond acceptors (Lipinski definition) is 7. The fraction of sp³-hybridized carbons (Fsp3) is 0.214. The van der Waals surface area contributed by atoms with E-state index >= 15 is 0 Å². The van der Waals surface area contributed by atoms with Gasteiger partial charge in [-0.15, -0.1) is 11.3 Å². The van der Waals surface area contributed by atoms with Crippen molar-refractivity contribution >= 4 is 45.0 Å². The van der Waals surface area contributed by atoms with Crippen molar-refractivity contribution in [3.05, 3.63) is 76.2 Å². The number of benzene rings is 2. The summed E-state index contributed by atoms with van der Waals surface area (Å²) in [6.07, 6.45) is 0. The number of nitrogens with one attached hydrogen (secondary N) is 1. The summed E-state index contributed by atoms with van der Waals surface area (Å²) in [6.45, 7) is 4.15. The number of fused-ring (bicyclic) bond motifs is 1. The molecule has 0 aliphatic rings. The molecule has 190 valence electrons. The van der Waals surface area contributed by atoms with Gasteiger partial charge in [-0.05, 0) is 55.8 Å². The van der Waals surface area contributed by atoms with E-state index in [2.05, 4.69) is 5.32 Å². The van der Waals surface area contributed by atoms with E-state index in [-0.39, 0.29) is 16.5 Å². The SMILES string of the molecule is CCOc1ccc(-c2cc(C(=O)Nc3sc(C(=O)N(C)C)c(C)c3C(=O)OC)c3ccccc3n2)cc1. The largest absolute Gasteiger partial charge is 0.494 e. The lowest BCUT2D eigenvalue weighted by Gasteiger charge is -2.11. The van der Waals surface area contributed by atoms with Crippen molar-refractivity contribution in [1.29, 1.82) is 0 Å². The van der Waals surface area contributed by atoms with Crippen molar-refractivity contribution in [3.63, 3.8) is 0 Å². The van der Waals surface area contributed by atoms with Gasteiger partial charge in [0.15, 0.2) is 0 Å². The average Bonchev–Trinajstić information content (AvgIpc) is 3.22. The number of methoxy groups -OCH3 is 1. The third-order valence-corrected chi connectivity index (χ3v) is 6.98. The number of carbonyl (C=O) groups is 3. The molecule has 37 heavy (non-hydrogen) atoms. The summed E-state index contributed by atoms with van der Waals surface area (Å²) in [7, 11) is 4.52. The van der Waals surface area contributed by atoms with Gasteiger partial charge in [-0.3, -0.25) is 9.59 Å².